The van der Waals surface area contributed by atoms with Crippen molar-refractivity contribution in [2.45, 2.75) is 19.6 Å². The lowest BCUT2D eigenvalue weighted by atomic mass is 10.2. The van der Waals surface area contributed by atoms with Gasteiger partial charge in [-0.25, -0.2) is 4.98 Å². The van der Waals surface area contributed by atoms with Crippen LogP contribution in [0.3, 0.4) is 0 Å². The molecule has 10 heteroatoms. The van der Waals surface area contributed by atoms with Crippen LogP contribution in [0.25, 0.3) is 0 Å². The highest BCUT2D eigenvalue weighted by Crippen LogP contribution is 2.26. The van der Waals surface area contributed by atoms with E-state index in [4.69, 9.17) is 21.1 Å². The first kappa shape index (κ1) is 20.5. The van der Waals surface area contributed by atoms with E-state index in [0.29, 0.717) is 53.0 Å². The molecule has 0 saturated carbocycles. The van der Waals surface area contributed by atoms with Crippen LogP contribution in [0.15, 0.2) is 42.6 Å². The van der Waals surface area contributed by atoms with Gasteiger partial charge in [-0.15, -0.1) is 5.10 Å². The number of hydrogen-bond acceptors (Lipinski definition) is 8. The standard InChI is InChI=1S/C20H20ClN5O3S/c1-13-11-26(9-10-28-13)17-16(3-2-8-22-17)18(27)23-19-24-25-20(30-19)29-12-14-4-6-15(21)7-5-14/h2-8,13H,9-12H2,1H3,(H,23,24,27). The first-order valence-electron chi connectivity index (χ1n) is 9.42. The molecule has 0 radical (unpaired) electrons. The molecule has 1 amide bonds. The molecule has 1 aliphatic heterocycles. The maximum absolute atomic E-state index is 12.9. The van der Waals surface area contributed by atoms with E-state index < -0.39 is 0 Å². The Bertz CT molecular complexity index is 1010. The summed E-state index contributed by atoms with van der Waals surface area (Å²) in [5, 5.41) is 12.2. The van der Waals surface area contributed by atoms with Crippen LogP contribution in [-0.4, -0.2) is 46.9 Å². The number of nitrogens with one attached hydrogen (secondary N) is 1. The minimum Gasteiger partial charge on any atom is -0.464 e. The molecule has 2 aromatic heterocycles. The normalized spacial score (nSPS) is 16.3. The number of amides is 1. The van der Waals surface area contributed by atoms with Crippen LogP contribution >= 0.6 is 22.9 Å². The zero-order valence-electron chi connectivity index (χ0n) is 16.2. The second kappa shape index (κ2) is 9.38. The van der Waals surface area contributed by atoms with Crippen molar-refractivity contribution in [1.82, 2.24) is 15.2 Å². The van der Waals surface area contributed by atoms with Gasteiger partial charge in [-0.05, 0) is 48.1 Å². The van der Waals surface area contributed by atoms with Crippen molar-refractivity contribution in [3.05, 3.63) is 58.7 Å². The number of benzene rings is 1. The molecule has 0 spiro atoms. The van der Waals surface area contributed by atoms with E-state index in [1.807, 2.05) is 19.1 Å². The van der Waals surface area contributed by atoms with Crippen LogP contribution in [0.4, 0.5) is 10.9 Å². The summed E-state index contributed by atoms with van der Waals surface area (Å²) in [5.41, 5.74) is 1.44. The molecule has 0 aliphatic carbocycles. The highest BCUT2D eigenvalue weighted by atomic mass is 35.5. The van der Waals surface area contributed by atoms with Crippen LogP contribution in [0.1, 0.15) is 22.8 Å². The fourth-order valence-corrected chi connectivity index (χ4v) is 3.76. The second-order valence-electron chi connectivity index (χ2n) is 6.74. The van der Waals surface area contributed by atoms with E-state index in [1.54, 1.807) is 30.5 Å². The molecule has 1 saturated heterocycles. The van der Waals surface area contributed by atoms with Gasteiger partial charge in [-0.1, -0.05) is 28.8 Å². The molecule has 1 aliphatic rings. The first-order valence-corrected chi connectivity index (χ1v) is 10.6. The summed E-state index contributed by atoms with van der Waals surface area (Å²) in [5.74, 6) is 0.339. The Morgan fingerprint density at radius 1 is 1.33 bits per heavy atom. The van der Waals surface area contributed by atoms with E-state index in [-0.39, 0.29) is 12.0 Å². The van der Waals surface area contributed by atoms with Crippen molar-refractivity contribution < 1.29 is 14.3 Å². The lowest BCUT2D eigenvalue weighted by Crippen LogP contribution is -2.42. The molecular formula is C20H20ClN5O3S. The van der Waals surface area contributed by atoms with Crippen molar-refractivity contribution in [2.75, 3.05) is 29.9 Å². The molecule has 1 N–H and O–H groups in total. The number of halogens is 1. The van der Waals surface area contributed by atoms with Crippen LogP contribution in [0.5, 0.6) is 5.19 Å². The molecule has 30 heavy (non-hydrogen) atoms. The Kier molecular flexibility index (Phi) is 6.41. The summed E-state index contributed by atoms with van der Waals surface area (Å²) in [6.07, 6.45) is 1.76. The average Bonchev–Trinajstić information content (AvgIpc) is 3.20. The highest BCUT2D eigenvalue weighted by Gasteiger charge is 2.23. The lowest BCUT2D eigenvalue weighted by molar-refractivity contribution is 0.0528. The minimum atomic E-state index is -0.294. The van der Waals surface area contributed by atoms with Gasteiger partial charge in [-0.2, -0.15) is 0 Å². The minimum absolute atomic E-state index is 0.0835. The van der Waals surface area contributed by atoms with Crippen molar-refractivity contribution in [1.29, 1.82) is 0 Å². The van der Waals surface area contributed by atoms with Gasteiger partial charge < -0.3 is 14.4 Å². The molecule has 1 aromatic carbocycles. The number of morpholine rings is 1. The predicted molar refractivity (Wildman–Crippen MR) is 116 cm³/mol. The summed E-state index contributed by atoms with van der Waals surface area (Å²) in [6.45, 7) is 4.30. The summed E-state index contributed by atoms with van der Waals surface area (Å²) in [4.78, 5) is 19.3. The summed E-state index contributed by atoms with van der Waals surface area (Å²) < 4.78 is 11.2. The monoisotopic (exact) mass is 445 g/mol. The Morgan fingerprint density at radius 2 is 2.17 bits per heavy atom. The number of ether oxygens (including phenoxy) is 2. The number of carbonyl (C=O) groups is 1. The van der Waals surface area contributed by atoms with Gasteiger partial charge in [0.1, 0.15) is 12.4 Å². The number of aromatic nitrogens is 3. The number of anilines is 2. The molecule has 1 fully saturated rings. The van der Waals surface area contributed by atoms with Crippen LogP contribution in [0.2, 0.25) is 5.02 Å². The number of rotatable bonds is 6. The summed E-state index contributed by atoms with van der Waals surface area (Å²) >= 11 is 7.05. The molecule has 3 aromatic rings. The van der Waals surface area contributed by atoms with E-state index in [9.17, 15) is 4.79 Å². The van der Waals surface area contributed by atoms with Crippen molar-refractivity contribution in [3.63, 3.8) is 0 Å². The van der Waals surface area contributed by atoms with Gasteiger partial charge in [0.2, 0.25) is 5.13 Å². The van der Waals surface area contributed by atoms with Gasteiger partial charge in [0.15, 0.2) is 0 Å². The Labute approximate surface area is 182 Å². The third-order valence-electron chi connectivity index (χ3n) is 4.47. The van der Waals surface area contributed by atoms with Crippen LogP contribution < -0.4 is 15.0 Å². The number of pyridine rings is 1. The molecule has 1 unspecified atom stereocenters. The van der Waals surface area contributed by atoms with E-state index in [1.165, 1.54) is 0 Å². The van der Waals surface area contributed by atoms with Crippen molar-refractivity contribution in [2.24, 2.45) is 0 Å². The van der Waals surface area contributed by atoms with Gasteiger partial charge in [0.25, 0.3) is 11.1 Å². The molecular weight excluding hydrogens is 426 g/mol. The Morgan fingerprint density at radius 3 is 2.97 bits per heavy atom. The zero-order valence-corrected chi connectivity index (χ0v) is 17.8. The topological polar surface area (TPSA) is 89.5 Å². The highest BCUT2D eigenvalue weighted by molar-refractivity contribution is 7.17. The summed E-state index contributed by atoms with van der Waals surface area (Å²) in [6, 6.07) is 10.8. The van der Waals surface area contributed by atoms with E-state index in [2.05, 4.69) is 25.4 Å². The van der Waals surface area contributed by atoms with Gasteiger partial charge >= 0.3 is 0 Å². The fraction of sp³-hybridized carbons (Fsp3) is 0.300. The predicted octanol–water partition coefficient (Wildman–Crippen LogP) is 3.64. The third kappa shape index (κ3) is 5.05. The zero-order chi connectivity index (χ0) is 20.9. The van der Waals surface area contributed by atoms with Gasteiger partial charge in [-0.3, -0.25) is 10.1 Å². The van der Waals surface area contributed by atoms with Gasteiger partial charge in [0.05, 0.1) is 18.3 Å². The third-order valence-corrected chi connectivity index (χ3v) is 5.48. The number of nitrogens with zero attached hydrogens (tertiary/aromatic N) is 4. The summed E-state index contributed by atoms with van der Waals surface area (Å²) in [7, 11) is 0. The molecule has 1 atom stereocenters. The maximum atomic E-state index is 12.9. The smallest absolute Gasteiger partial charge is 0.296 e. The largest absolute Gasteiger partial charge is 0.464 e. The number of hydrogen-bond donors (Lipinski definition) is 1. The average molecular weight is 446 g/mol. The SMILES string of the molecule is CC1CN(c2ncccc2C(=O)Nc2nnc(OCc3ccc(Cl)cc3)s2)CCO1. The molecule has 156 valence electrons. The molecule has 8 nitrogen and oxygen atoms in total. The Balaban J connectivity index is 1.40. The lowest BCUT2D eigenvalue weighted by Gasteiger charge is -2.32. The number of carbonyl (C=O) groups excluding carboxylic acids is 1. The van der Waals surface area contributed by atoms with Crippen LogP contribution in [0, 0.1) is 0 Å². The molecule has 4 rings (SSSR count). The van der Waals surface area contributed by atoms with Crippen molar-refractivity contribution >= 4 is 39.8 Å². The fourth-order valence-electron chi connectivity index (χ4n) is 3.05. The van der Waals surface area contributed by atoms with Crippen molar-refractivity contribution in [3.8, 4) is 5.19 Å². The van der Waals surface area contributed by atoms with Gasteiger partial charge in [0, 0.05) is 24.3 Å². The van der Waals surface area contributed by atoms with Crippen LogP contribution in [-0.2, 0) is 11.3 Å². The first-order chi connectivity index (χ1) is 14.6. The molecule has 3 heterocycles. The van der Waals surface area contributed by atoms with E-state index >= 15 is 0 Å². The van der Waals surface area contributed by atoms with E-state index in [0.717, 1.165) is 16.9 Å². The second-order valence-corrected chi connectivity index (χ2v) is 8.12. The Hall–Kier alpha value is -2.75. The maximum Gasteiger partial charge on any atom is 0.296 e. The quantitative estimate of drug-likeness (QED) is 0.619. The molecule has 0 bridgehead atoms.